The summed E-state index contributed by atoms with van der Waals surface area (Å²) in [5.41, 5.74) is 0. The number of hydrogen-bond donors (Lipinski definition) is 1. The van der Waals surface area contributed by atoms with Crippen molar-refractivity contribution in [1.82, 2.24) is 4.90 Å². The van der Waals surface area contributed by atoms with E-state index in [-0.39, 0.29) is 0 Å². The molecule has 1 atom stereocenters. The Balaban J connectivity index is 2.91. The van der Waals surface area contributed by atoms with Gasteiger partial charge in [-0.3, -0.25) is 0 Å². The molecule has 0 aliphatic rings. The third kappa shape index (κ3) is 8.31. The van der Waals surface area contributed by atoms with Crippen LogP contribution in [0.15, 0.2) is 0 Å². The molecule has 9 heavy (non-hydrogen) atoms. The molecule has 1 nitrogen and oxygen atoms in total. The lowest BCUT2D eigenvalue weighted by Crippen LogP contribution is -2.13. The lowest BCUT2D eigenvalue weighted by molar-refractivity contribution is 0.394. The number of nitrogens with zero attached hydrogens (tertiary/aromatic N) is 1. The van der Waals surface area contributed by atoms with E-state index in [1.165, 1.54) is 19.4 Å². The Morgan fingerprint density at radius 1 is 1.44 bits per heavy atom. The lowest BCUT2D eigenvalue weighted by Gasteiger charge is -2.09. The van der Waals surface area contributed by atoms with Crippen LogP contribution < -0.4 is 0 Å². The van der Waals surface area contributed by atoms with E-state index in [1.54, 1.807) is 0 Å². The minimum absolute atomic E-state index is 0.560. The first kappa shape index (κ1) is 9.31. The van der Waals surface area contributed by atoms with E-state index in [9.17, 15) is 0 Å². The van der Waals surface area contributed by atoms with Crippen molar-refractivity contribution in [2.45, 2.75) is 25.0 Å². The van der Waals surface area contributed by atoms with Crippen molar-refractivity contribution in [3.8, 4) is 0 Å². The summed E-state index contributed by atoms with van der Waals surface area (Å²) in [4.78, 5) is 2.20. The summed E-state index contributed by atoms with van der Waals surface area (Å²) in [6.07, 6.45) is 2.49. The van der Waals surface area contributed by atoms with Crippen LogP contribution in [0.25, 0.3) is 0 Å². The topological polar surface area (TPSA) is 3.24 Å². The standard InChI is InChI=1S/C7H17NS/c1-7(9)5-4-6-8(2)3/h7,9H,4-6H2,1-3H3. The quantitative estimate of drug-likeness (QED) is 0.592. The first-order chi connectivity index (χ1) is 4.13. The monoisotopic (exact) mass is 147 g/mol. The van der Waals surface area contributed by atoms with Crippen molar-refractivity contribution in [1.29, 1.82) is 0 Å². The molecule has 0 N–H and O–H groups in total. The van der Waals surface area contributed by atoms with Gasteiger partial charge in [0.2, 0.25) is 0 Å². The molecule has 0 amide bonds. The lowest BCUT2D eigenvalue weighted by atomic mass is 10.2. The van der Waals surface area contributed by atoms with Crippen molar-refractivity contribution in [3.05, 3.63) is 0 Å². The Hall–Kier alpha value is 0.310. The van der Waals surface area contributed by atoms with E-state index in [0.717, 1.165) is 0 Å². The maximum atomic E-state index is 4.28. The van der Waals surface area contributed by atoms with Crippen molar-refractivity contribution >= 4 is 12.6 Å². The molecule has 0 saturated carbocycles. The molecule has 0 radical (unpaired) electrons. The van der Waals surface area contributed by atoms with E-state index in [4.69, 9.17) is 0 Å². The van der Waals surface area contributed by atoms with Gasteiger partial charge in [0.15, 0.2) is 0 Å². The summed E-state index contributed by atoms with van der Waals surface area (Å²) in [5.74, 6) is 0. The van der Waals surface area contributed by atoms with Gasteiger partial charge >= 0.3 is 0 Å². The van der Waals surface area contributed by atoms with Gasteiger partial charge < -0.3 is 4.90 Å². The van der Waals surface area contributed by atoms with Crippen molar-refractivity contribution in [2.24, 2.45) is 0 Å². The molecule has 0 aromatic rings. The van der Waals surface area contributed by atoms with E-state index in [0.29, 0.717) is 5.25 Å². The highest BCUT2D eigenvalue weighted by atomic mass is 32.1. The zero-order chi connectivity index (χ0) is 7.28. The molecule has 2 heteroatoms. The van der Waals surface area contributed by atoms with Crippen LogP contribution in [0.3, 0.4) is 0 Å². The smallest absolute Gasteiger partial charge is 0.00111 e. The predicted octanol–water partition coefficient (Wildman–Crippen LogP) is 1.65. The van der Waals surface area contributed by atoms with Crippen LogP contribution in [0.4, 0.5) is 0 Å². The second-order valence-electron chi connectivity index (χ2n) is 2.79. The molecule has 0 aliphatic carbocycles. The molecule has 0 bridgehead atoms. The fourth-order valence-corrected chi connectivity index (χ4v) is 0.886. The molecule has 0 spiro atoms. The Kier molecular flexibility index (Phi) is 5.30. The van der Waals surface area contributed by atoms with Gasteiger partial charge in [0.1, 0.15) is 0 Å². The second kappa shape index (κ2) is 5.12. The van der Waals surface area contributed by atoms with Crippen LogP contribution in [0.5, 0.6) is 0 Å². The van der Waals surface area contributed by atoms with E-state index in [1.807, 2.05) is 0 Å². The molecule has 0 aliphatic heterocycles. The van der Waals surface area contributed by atoms with E-state index in [2.05, 4.69) is 38.5 Å². The Bertz CT molecular complexity index is 53.9. The zero-order valence-electron chi connectivity index (χ0n) is 6.59. The van der Waals surface area contributed by atoms with Gasteiger partial charge in [0.05, 0.1) is 0 Å². The molecule has 1 unspecified atom stereocenters. The maximum absolute atomic E-state index is 4.28. The summed E-state index contributed by atoms with van der Waals surface area (Å²) < 4.78 is 0. The van der Waals surface area contributed by atoms with Gasteiger partial charge in [-0.05, 0) is 38.7 Å². The van der Waals surface area contributed by atoms with E-state index < -0.39 is 0 Å². The number of thiol groups is 1. The van der Waals surface area contributed by atoms with Crippen LogP contribution in [0.2, 0.25) is 0 Å². The van der Waals surface area contributed by atoms with Crippen molar-refractivity contribution < 1.29 is 0 Å². The Labute approximate surface area is 63.8 Å². The third-order valence-corrected chi connectivity index (χ3v) is 1.49. The molecule has 0 aromatic heterocycles. The fraction of sp³-hybridized carbons (Fsp3) is 1.00. The van der Waals surface area contributed by atoms with Crippen LogP contribution in [-0.4, -0.2) is 30.8 Å². The summed E-state index contributed by atoms with van der Waals surface area (Å²) in [5, 5.41) is 0.560. The van der Waals surface area contributed by atoms with Crippen molar-refractivity contribution in [2.75, 3.05) is 20.6 Å². The molecule has 0 fully saturated rings. The Morgan fingerprint density at radius 3 is 2.33 bits per heavy atom. The van der Waals surface area contributed by atoms with Crippen LogP contribution in [0.1, 0.15) is 19.8 Å². The summed E-state index contributed by atoms with van der Waals surface area (Å²) >= 11 is 4.28. The maximum Gasteiger partial charge on any atom is -0.00111 e. The number of hydrogen-bond acceptors (Lipinski definition) is 2. The van der Waals surface area contributed by atoms with Gasteiger partial charge in [-0.15, -0.1) is 0 Å². The minimum atomic E-state index is 0.560. The van der Waals surface area contributed by atoms with Gasteiger partial charge in [-0.2, -0.15) is 12.6 Å². The molecule has 0 rings (SSSR count). The molecular weight excluding hydrogens is 130 g/mol. The third-order valence-electron chi connectivity index (χ3n) is 1.23. The van der Waals surface area contributed by atoms with Gasteiger partial charge in [0.25, 0.3) is 0 Å². The molecule has 0 aromatic carbocycles. The zero-order valence-corrected chi connectivity index (χ0v) is 7.49. The highest BCUT2D eigenvalue weighted by Crippen LogP contribution is 2.02. The van der Waals surface area contributed by atoms with Crippen LogP contribution in [-0.2, 0) is 0 Å². The van der Waals surface area contributed by atoms with Gasteiger partial charge in [0, 0.05) is 0 Å². The Morgan fingerprint density at radius 2 is 2.00 bits per heavy atom. The average molecular weight is 147 g/mol. The first-order valence-electron chi connectivity index (χ1n) is 3.45. The van der Waals surface area contributed by atoms with E-state index >= 15 is 0 Å². The molecule has 0 saturated heterocycles. The fourth-order valence-electron chi connectivity index (χ4n) is 0.703. The van der Waals surface area contributed by atoms with Crippen LogP contribution >= 0.6 is 12.6 Å². The van der Waals surface area contributed by atoms with Crippen LogP contribution in [0, 0.1) is 0 Å². The predicted molar refractivity (Wildman–Crippen MR) is 46.2 cm³/mol. The minimum Gasteiger partial charge on any atom is -0.309 e. The van der Waals surface area contributed by atoms with Crippen molar-refractivity contribution in [3.63, 3.8) is 0 Å². The number of rotatable bonds is 4. The SMILES string of the molecule is CC(S)CCCN(C)C. The highest BCUT2D eigenvalue weighted by molar-refractivity contribution is 7.80. The second-order valence-corrected chi connectivity index (χ2v) is 3.68. The van der Waals surface area contributed by atoms with Gasteiger partial charge in [-0.1, -0.05) is 6.92 Å². The molecule has 56 valence electrons. The average Bonchev–Trinajstić information content (AvgIpc) is 1.63. The largest absolute Gasteiger partial charge is 0.309 e. The molecule has 0 heterocycles. The first-order valence-corrected chi connectivity index (χ1v) is 3.97. The summed E-state index contributed by atoms with van der Waals surface area (Å²) in [7, 11) is 4.20. The summed E-state index contributed by atoms with van der Waals surface area (Å²) in [6, 6.07) is 0. The normalized spacial score (nSPS) is 14.3. The molecular formula is C7H17NS. The van der Waals surface area contributed by atoms with Gasteiger partial charge in [-0.25, -0.2) is 0 Å². The summed E-state index contributed by atoms with van der Waals surface area (Å²) in [6.45, 7) is 3.32. The highest BCUT2D eigenvalue weighted by Gasteiger charge is 1.94.